The fourth-order valence-electron chi connectivity index (χ4n) is 3.59. The summed E-state index contributed by atoms with van der Waals surface area (Å²) in [7, 11) is 0. The lowest BCUT2D eigenvalue weighted by Crippen LogP contribution is -2.36. The Morgan fingerprint density at radius 1 is 0.917 bits per heavy atom. The van der Waals surface area contributed by atoms with Crippen LogP contribution < -0.4 is 0 Å². The highest BCUT2D eigenvalue weighted by Crippen LogP contribution is 2.38. The Morgan fingerprint density at radius 3 is 2.17 bits per heavy atom. The van der Waals surface area contributed by atoms with Gasteiger partial charge in [-0.2, -0.15) is 10.1 Å². The van der Waals surface area contributed by atoms with Gasteiger partial charge in [-0.15, -0.1) is 0 Å². The number of hydrogen-bond donors (Lipinski definition) is 0. The first kappa shape index (κ1) is 13.2. The molecule has 0 radical (unpaired) electrons. The number of nitrogens with zero attached hydrogens (tertiary/aromatic N) is 2. The zero-order valence-electron chi connectivity index (χ0n) is 12.7. The first-order valence-electron chi connectivity index (χ1n) is 7.78. The number of hydrazone groups is 1. The van der Waals surface area contributed by atoms with E-state index in [1.807, 2.05) is 12.1 Å². The van der Waals surface area contributed by atoms with E-state index in [9.17, 15) is 9.59 Å². The van der Waals surface area contributed by atoms with Crippen molar-refractivity contribution in [1.29, 1.82) is 0 Å². The highest BCUT2D eigenvalue weighted by molar-refractivity contribution is 6.26. The number of hydrogen-bond acceptors (Lipinski definition) is 4. The molecule has 1 aromatic heterocycles. The Balaban J connectivity index is 1.69. The van der Waals surface area contributed by atoms with Crippen molar-refractivity contribution >= 4 is 28.8 Å². The molecule has 5 nitrogen and oxygen atoms in total. The van der Waals surface area contributed by atoms with Gasteiger partial charge in [0.1, 0.15) is 5.76 Å². The van der Waals surface area contributed by atoms with E-state index in [0.29, 0.717) is 16.9 Å². The molecule has 0 unspecified atom stereocenters. The summed E-state index contributed by atoms with van der Waals surface area (Å²) in [5.74, 6) is -0.313. The van der Waals surface area contributed by atoms with E-state index >= 15 is 0 Å². The molecule has 0 saturated heterocycles. The second-order valence-electron chi connectivity index (χ2n) is 5.98. The summed E-state index contributed by atoms with van der Waals surface area (Å²) in [4.78, 5) is 25.6. The van der Waals surface area contributed by atoms with Gasteiger partial charge in [0.05, 0.1) is 23.6 Å². The van der Waals surface area contributed by atoms with E-state index in [1.54, 1.807) is 24.3 Å². The summed E-state index contributed by atoms with van der Waals surface area (Å²) in [5, 5.41) is 6.81. The van der Waals surface area contributed by atoms with E-state index in [1.165, 1.54) is 23.6 Å². The van der Waals surface area contributed by atoms with Crippen LogP contribution in [0.2, 0.25) is 0 Å². The first-order valence-corrected chi connectivity index (χ1v) is 7.78. The molecular weight excluding hydrogens is 304 g/mol. The van der Waals surface area contributed by atoms with E-state index in [-0.39, 0.29) is 0 Å². The minimum atomic E-state index is -0.397. The van der Waals surface area contributed by atoms with Gasteiger partial charge < -0.3 is 4.42 Å². The SMILES string of the molecule is O=C1c2ccc3c4c(ccc(c24)C(=O)N1/N=C/c1ccco1)CC3. The Bertz CT molecular complexity index is 989. The molecule has 0 N–H and O–H groups in total. The standard InChI is InChI=1S/C19H12N2O3/c22-18-14-7-5-11-3-4-12-6-8-15(17(14)16(11)12)19(23)21(18)20-10-13-2-1-9-24-13/h1-2,5-10H,3-4H2/b20-10+. The summed E-state index contributed by atoms with van der Waals surface area (Å²) in [6, 6.07) is 11.0. The van der Waals surface area contributed by atoms with Gasteiger partial charge in [0.2, 0.25) is 0 Å². The van der Waals surface area contributed by atoms with Gasteiger partial charge in [0.15, 0.2) is 0 Å². The monoisotopic (exact) mass is 316 g/mol. The lowest BCUT2D eigenvalue weighted by molar-refractivity contribution is 0.0616. The molecule has 2 aliphatic rings. The number of rotatable bonds is 2. The van der Waals surface area contributed by atoms with Crippen LogP contribution in [0.15, 0.2) is 52.2 Å². The molecule has 1 aliphatic heterocycles. The fraction of sp³-hybridized carbons (Fsp3) is 0.105. The van der Waals surface area contributed by atoms with E-state index in [0.717, 1.165) is 28.6 Å². The van der Waals surface area contributed by atoms with Crippen LogP contribution in [-0.2, 0) is 12.8 Å². The fourth-order valence-corrected chi connectivity index (χ4v) is 3.59. The largest absolute Gasteiger partial charge is 0.463 e. The minimum Gasteiger partial charge on any atom is -0.463 e. The van der Waals surface area contributed by atoms with Crippen molar-refractivity contribution in [3.05, 3.63) is 70.7 Å². The summed E-state index contributed by atoms with van der Waals surface area (Å²) in [5.41, 5.74) is 3.48. The zero-order valence-corrected chi connectivity index (χ0v) is 12.7. The molecule has 0 spiro atoms. The average molecular weight is 316 g/mol. The first-order chi connectivity index (χ1) is 11.7. The van der Waals surface area contributed by atoms with Gasteiger partial charge in [-0.25, -0.2) is 0 Å². The van der Waals surface area contributed by atoms with E-state index < -0.39 is 11.8 Å². The second kappa shape index (κ2) is 4.64. The van der Waals surface area contributed by atoms with Crippen molar-refractivity contribution in [3.8, 4) is 0 Å². The molecule has 3 aromatic rings. The average Bonchev–Trinajstić information content (AvgIpc) is 3.25. The van der Waals surface area contributed by atoms with Gasteiger partial charge in [-0.05, 0) is 53.6 Å². The maximum atomic E-state index is 12.8. The number of amides is 2. The van der Waals surface area contributed by atoms with Gasteiger partial charge in [-0.3, -0.25) is 9.59 Å². The lowest BCUT2D eigenvalue weighted by Gasteiger charge is -2.23. The van der Waals surface area contributed by atoms with E-state index in [2.05, 4.69) is 5.10 Å². The highest BCUT2D eigenvalue weighted by atomic mass is 16.3. The summed E-state index contributed by atoms with van der Waals surface area (Å²) in [6.07, 6.45) is 4.80. The summed E-state index contributed by atoms with van der Waals surface area (Å²) < 4.78 is 5.16. The minimum absolute atomic E-state index is 0.397. The number of carbonyl (C=O) groups is 2. The molecule has 2 aromatic carbocycles. The molecule has 0 fully saturated rings. The lowest BCUT2D eigenvalue weighted by atomic mass is 9.92. The van der Waals surface area contributed by atoms with Crippen molar-refractivity contribution in [3.63, 3.8) is 0 Å². The molecule has 0 saturated carbocycles. The summed E-state index contributed by atoms with van der Waals surface area (Å²) in [6.45, 7) is 0. The predicted octanol–water partition coefficient (Wildman–Crippen LogP) is 3.16. The molecule has 0 atom stereocenters. The van der Waals surface area contributed by atoms with Crippen molar-refractivity contribution < 1.29 is 14.0 Å². The van der Waals surface area contributed by atoms with Gasteiger partial charge in [0.25, 0.3) is 11.8 Å². The van der Waals surface area contributed by atoms with Crippen LogP contribution in [0.3, 0.4) is 0 Å². The molecular formula is C19H12N2O3. The van der Waals surface area contributed by atoms with Crippen LogP contribution in [0.4, 0.5) is 0 Å². The van der Waals surface area contributed by atoms with Crippen molar-refractivity contribution in [2.45, 2.75) is 12.8 Å². The molecule has 0 bridgehead atoms. The third kappa shape index (κ3) is 1.66. The van der Waals surface area contributed by atoms with Crippen molar-refractivity contribution in [2.24, 2.45) is 5.10 Å². The Labute approximate surface area is 137 Å². The maximum absolute atomic E-state index is 12.8. The second-order valence-corrected chi connectivity index (χ2v) is 5.98. The maximum Gasteiger partial charge on any atom is 0.282 e. The number of furan rings is 1. The normalized spacial score (nSPS) is 15.9. The van der Waals surface area contributed by atoms with Crippen LogP contribution >= 0.6 is 0 Å². The van der Waals surface area contributed by atoms with Crippen LogP contribution in [0.25, 0.3) is 10.8 Å². The van der Waals surface area contributed by atoms with Crippen LogP contribution in [0.1, 0.15) is 37.6 Å². The summed E-state index contributed by atoms with van der Waals surface area (Å²) >= 11 is 0. The molecule has 24 heavy (non-hydrogen) atoms. The Hall–Kier alpha value is -3.21. The smallest absolute Gasteiger partial charge is 0.282 e. The molecule has 116 valence electrons. The van der Waals surface area contributed by atoms with Gasteiger partial charge >= 0.3 is 0 Å². The third-order valence-electron chi connectivity index (χ3n) is 4.69. The van der Waals surface area contributed by atoms with Crippen molar-refractivity contribution in [1.82, 2.24) is 5.01 Å². The van der Waals surface area contributed by atoms with Crippen LogP contribution in [-0.4, -0.2) is 23.0 Å². The molecule has 5 heteroatoms. The van der Waals surface area contributed by atoms with Gasteiger partial charge in [-0.1, -0.05) is 12.1 Å². The quantitative estimate of drug-likeness (QED) is 0.539. The van der Waals surface area contributed by atoms with Gasteiger partial charge in [0, 0.05) is 5.39 Å². The molecule has 5 rings (SSSR count). The van der Waals surface area contributed by atoms with Crippen molar-refractivity contribution in [2.75, 3.05) is 0 Å². The third-order valence-corrected chi connectivity index (χ3v) is 4.69. The highest BCUT2D eigenvalue weighted by Gasteiger charge is 2.35. The van der Waals surface area contributed by atoms with Crippen LogP contribution in [0.5, 0.6) is 0 Å². The zero-order chi connectivity index (χ0) is 16.3. The Morgan fingerprint density at radius 2 is 1.58 bits per heavy atom. The Kier molecular flexibility index (Phi) is 2.56. The molecule has 2 heterocycles. The van der Waals surface area contributed by atoms with Crippen LogP contribution in [0, 0.1) is 0 Å². The predicted molar refractivity (Wildman–Crippen MR) is 88.2 cm³/mol. The number of carbonyl (C=O) groups excluding carboxylic acids is 2. The molecule has 1 aliphatic carbocycles. The number of benzene rings is 2. The number of imide groups is 1. The molecule has 2 amide bonds. The topological polar surface area (TPSA) is 62.9 Å². The van der Waals surface area contributed by atoms with E-state index in [4.69, 9.17) is 4.42 Å². The number of aryl methyl sites for hydroxylation is 2.